The number of rotatable bonds is 6. The molecule has 1 aliphatic heterocycles. The smallest absolute Gasteiger partial charge is 0.142 e. The number of Topliss-reactive ketones (excluding diaryl/α,β-unsaturated/α-hetero) is 1. The molecule has 0 aliphatic carbocycles. The Morgan fingerprint density at radius 1 is 1.21 bits per heavy atom. The summed E-state index contributed by atoms with van der Waals surface area (Å²) in [6, 6.07) is 8.27. The lowest BCUT2D eigenvalue weighted by atomic mass is 9.90. The fraction of sp³-hybridized carbons (Fsp3) is 0.435. The maximum Gasteiger partial charge on any atom is 0.142 e. The van der Waals surface area contributed by atoms with Gasteiger partial charge in [0.25, 0.3) is 0 Å². The summed E-state index contributed by atoms with van der Waals surface area (Å²) in [5, 5.41) is 2.13. The molecule has 4 rings (SSSR count). The number of imidazole rings is 1. The van der Waals surface area contributed by atoms with E-state index in [4.69, 9.17) is 0 Å². The van der Waals surface area contributed by atoms with Crippen LogP contribution in [-0.4, -0.2) is 51.0 Å². The Balaban J connectivity index is 1.45. The van der Waals surface area contributed by atoms with Crippen LogP contribution in [0.5, 0.6) is 0 Å². The molecule has 3 aromatic rings. The third kappa shape index (κ3) is 4.53. The minimum Gasteiger partial charge on any atom is -0.334 e. The zero-order valence-electron chi connectivity index (χ0n) is 17.0. The van der Waals surface area contributed by atoms with E-state index in [2.05, 4.69) is 33.1 Å². The van der Waals surface area contributed by atoms with Gasteiger partial charge >= 0.3 is 0 Å². The summed E-state index contributed by atoms with van der Waals surface area (Å²) in [6.45, 7) is 3.64. The zero-order chi connectivity index (χ0) is 20.4. The highest BCUT2D eigenvalue weighted by atomic mass is 19.1. The third-order valence-corrected chi connectivity index (χ3v) is 5.80. The predicted octanol–water partition coefficient (Wildman–Crippen LogP) is 3.82. The Morgan fingerprint density at radius 3 is 2.69 bits per heavy atom. The molecule has 29 heavy (non-hydrogen) atoms. The number of aryl methyl sites for hydroxylation is 1. The first-order chi connectivity index (χ1) is 14.0. The first-order valence-corrected chi connectivity index (χ1v) is 10.2. The van der Waals surface area contributed by atoms with Crippen molar-refractivity contribution in [1.82, 2.24) is 19.4 Å². The van der Waals surface area contributed by atoms with E-state index >= 15 is 0 Å². The molecule has 1 atom stereocenters. The van der Waals surface area contributed by atoms with Gasteiger partial charge in [-0.2, -0.15) is 0 Å². The molecule has 0 unspecified atom stereocenters. The van der Waals surface area contributed by atoms with Crippen molar-refractivity contribution < 1.29 is 9.18 Å². The molecule has 0 saturated carbocycles. The second-order valence-corrected chi connectivity index (χ2v) is 8.13. The summed E-state index contributed by atoms with van der Waals surface area (Å²) in [5.41, 5.74) is 2.95. The van der Waals surface area contributed by atoms with Crippen LogP contribution in [0.1, 0.15) is 25.5 Å². The van der Waals surface area contributed by atoms with E-state index in [1.54, 1.807) is 13.3 Å². The van der Waals surface area contributed by atoms with E-state index in [0.717, 1.165) is 53.7 Å². The van der Waals surface area contributed by atoms with Gasteiger partial charge in [-0.05, 0) is 50.4 Å². The molecule has 0 radical (unpaired) electrons. The third-order valence-electron chi connectivity index (χ3n) is 5.80. The van der Waals surface area contributed by atoms with Gasteiger partial charge in [-0.15, -0.1) is 0 Å². The monoisotopic (exact) mass is 394 g/mol. The number of nitrogens with zero attached hydrogens (tertiary/aromatic N) is 4. The summed E-state index contributed by atoms with van der Waals surface area (Å²) in [4.78, 5) is 23.6. The van der Waals surface area contributed by atoms with Crippen molar-refractivity contribution in [3.8, 4) is 11.3 Å². The van der Waals surface area contributed by atoms with E-state index in [1.807, 2.05) is 30.1 Å². The summed E-state index contributed by atoms with van der Waals surface area (Å²) in [7, 11) is 1.97. The molecule has 1 aromatic carbocycles. The number of halogens is 1. The quantitative estimate of drug-likeness (QED) is 0.638. The number of alkyl halides is 1. The molecule has 0 bridgehead atoms. The SMILES string of the molecule is C[C@@H](F)CN1CCC(C(=O)Cc2cc3cc(-c4cncn4C)ccc3cn2)CC1. The molecule has 152 valence electrons. The molecule has 2 aromatic heterocycles. The number of fused-ring (bicyclic) bond motifs is 1. The van der Waals surface area contributed by atoms with Crippen LogP contribution in [0, 0.1) is 5.92 Å². The molecule has 6 heteroatoms. The van der Waals surface area contributed by atoms with Crippen LogP contribution >= 0.6 is 0 Å². The normalized spacial score (nSPS) is 16.9. The molecule has 1 fully saturated rings. The van der Waals surface area contributed by atoms with Gasteiger partial charge in [-0.25, -0.2) is 9.37 Å². The maximum absolute atomic E-state index is 13.2. The minimum absolute atomic E-state index is 0.0550. The van der Waals surface area contributed by atoms with Crippen LogP contribution in [0.3, 0.4) is 0 Å². The molecule has 3 heterocycles. The molecule has 0 spiro atoms. The van der Waals surface area contributed by atoms with Gasteiger partial charge in [-0.1, -0.05) is 12.1 Å². The topological polar surface area (TPSA) is 51.0 Å². The van der Waals surface area contributed by atoms with E-state index in [-0.39, 0.29) is 11.7 Å². The number of pyridine rings is 1. The van der Waals surface area contributed by atoms with Crippen molar-refractivity contribution in [2.45, 2.75) is 32.4 Å². The Bertz CT molecular complexity index is 1010. The van der Waals surface area contributed by atoms with Gasteiger partial charge in [0, 0.05) is 48.8 Å². The molecular formula is C23H27FN4O. The van der Waals surface area contributed by atoms with E-state index < -0.39 is 6.17 Å². The Hall–Kier alpha value is -2.60. The Morgan fingerprint density at radius 2 is 2.00 bits per heavy atom. The minimum atomic E-state index is -0.819. The average molecular weight is 394 g/mol. The van der Waals surface area contributed by atoms with Crippen molar-refractivity contribution >= 4 is 16.6 Å². The van der Waals surface area contributed by atoms with Crippen LogP contribution in [0.4, 0.5) is 4.39 Å². The highest BCUT2D eigenvalue weighted by Gasteiger charge is 2.25. The second kappa shape index (κ2) is 8.41. The predicted molar refractivity (Wildman–Crippen MR) is 112 cm³/mol. The van der Waals surface area contributed by atoms with Gasteiger partial charge in [0.05, 0.1) is 18.2 Å². The average Bonchev–Trinajstić information content (AvgIpc) is 3.13. The molecule has 1 aliphatic rings. The highest BCUT2D eigenvalue weighted by molar-refractivity contribution is 5.88. The van der Waals surface area contributed by atoms with Gasteiger partial charge in [0.1, 0.15) is 12.0 Å². The lowest BCUT2D eigenvalue weighted by Crippen LogP contribution is -2.39. The molecular weight excluding hydrogens is 367 g/mol. The number of ketones is 1. The van der Waals surface area contributed by atoms with Crippen LogP contribution in [0.2, 0.25) is 0 Å². The lowest BCUT2D eigenvalue weighted by Gasteiger charge is -2.31. The summed E-state index contributed by atoms with van der Waals surface area (Å²) >= 11 is 0. The molecule has 0 amide bonds. The van der Waals surface area contributed by atoms with Crippen molar-refractivity contribution in [2.24, 2.45) is 13.0 Å². The lowest BCUT2D eigenvalue weighted by molar-refractivity contribution is -0.123. The Kier molecular flexibility index (Phi) is 5.72. The summed E-state index contributed by atoms with van der Waals surface area (Å²) in [5.74, 6) is 0.298. The van der Waals surface area contributed by atoms with E-state index in [1.165, 1.54) is 0 Å². The van der Waals surface area contributed by atoms with Crippen molar-refractivity contribution in [3.05, 3.63) is 48.7 Å². The van der Waals surface area contributed by atoms with Crippen molar-refractivity contribution in [3.63, 3.8) is 0 Å². The van der Waals surface area contributed by atoms with E-state index in [9.17, 15) is 9.18 Å². The number of aromatic nitrogens is 3. The van der Waals surface area contributed by atoms with Gasteiger partial charge in [-0.3, -0.25) is 9.78 Å². The van der Waals surface area contributed by atoms with Crippen LogP contribution in [0.25, 0.3) is 22.0 Å². The second-order valence-electron chi connectivity index (χ2n) is 8.13. The number of carbonyl (C=O) groups excluding carboxylic acids is 1. The fourth-order valence-electron chi connectivity index (χ4n) is 4.19. The molecule has 5 nitrogen and oxygen atoms in total. The van der Waals surface area contributed by atoms with Crippen LogP contribution in [-0.2, 0) is 18.3 Å². The summed E-state index contributed by atoms with van der Waals surface area (Å²) < 4.78 is 15.2. The highest BCUT2D eigenvalue weighted by Crippen LogP contribution is 2.25. The van der Waals surface area contributed by atoms with Gasteiger partial charge in [0.15, 0.2) is 0 Å². The van der Waals surface area contributed by atoms with Gasteiger partial charge in [0.2, 0.25) is 0 Å². The first kappa shape index (κ1) is 19.7. The standard InChI is InChI=1S/C23H27FN4O/c1-16(24)14-28-7-5-17(6-8-28)23(29)11-21-10-20-9-18(3-4-19(20)12-26-21)22-13-25-15-27(22)2/h3-4,9-10,12-13,15-17H,5-8,11,14H2,1-2H3/t16-/m1/s1. The largest absolute Gasteiger partial charge is 0.334 e. The number of piperidine rings is 1. The number of carbonyl (C=O) groups is 1. The van der Waals surface area contributed by atoms with Crippen molar-refractivity contribution in [1.29, 1.82) is 0 Å². The van der Waals surface area contributed by atoms with Crippen LogP contribution < -0.4 is 0 Å². The van der Waals surface area contributed by atoms with Crippen LogP contribution in [0.15, 0.2) is 43.0 Å². The van der Waals surface area contributed by atoms with Crippen molar-refractivity contribution in [2.75, 3.05) is 19.6 Å². The number of hydrogen-bond acceptors (Lipinski definition) is 4. The Labute approximate surface area is 170 Å². The molecule has 0 N–H and O–H groups in total. The molecule has 1 saturated heterocycles. The fourth-order valence-corrected chi connectivity index (χ4v) is 4.19. The maximum atomic E-state index is 13.2. The number of hydrogen-bond donors (Lipinski definition) is 0. The number of benzene rings is 1. The summed E-state index contributed by atoms with van der Waals surface area (Å²) in [6.07, 6.45) is 6.64. The number of likely N-dealkylation sites (tertiary alicyclic amines) is 1. The van der Waals surface area contributed by atoms with E-state index in [0.29, 0.717) is 13.0 Å². The first-order valence-electron chi connectivity index (χ1n) is 10.2. The van der Waals surface area contributed by atoms with Gasteiger partial charge < -0.3 is 9.47 Å². The zero-order valence-corrected chi connectivity index (χ0v) is 17.0.